The summed E-state index contributed by atoms with van der Waals surface area (Å²) in [6.45, 7) is 1.49. The molecule has 0 fully saturated rings. The van der Waals surface area contributed by atoms with Crippen molar-refractivity contribution in [2.75, 3.05) is 12.4 Å². The Morgan fingerprint density at radius 3 is 2.47 bits per heavy atom. The quantitative estimate of drug-likeness (QED) is 0.798. The van der Waals surface area contributed by atoms with Gasteiger partial charge >= 0.3 is 12.1 Å². The van der Waals surface area contributed by atoms with Crippen LogP contribution in [0, 0.1) is 0 Å². The zero-order valence-corrected chi connectivity index (χ0v) is 10.7. The highest BCUT2D eigenvalue weighted by Crippen LogP contribution is 2.30. The van der Waals surface area contributed by atoms with Crippen molar-refractivity contribution in [2.45, 2.75) is 18.0 Å². The number of benzene rings is 1. The standard InChI is InChI=1S/C11H11F3O4S/c1-2-18-10(15)7-19(16,17)9-5-3-4-8(6-9)11(12,13)14/h3-6H,2,7H2,1H3. The molecular formula is C11H11F3O4S. The summed E-state index contributed by atoms with van der Waals surface area (Å²) in [4.78, 5) is 10.5. The Kier molecular flexibility index (Phi) is 4.56. The topological polar surface area (TPSA) is 60.4 Å². The maximum Gasteiger partial charge on any atom is 0.416 e. The third-order valence-electron chi connectivity index (χ3n) is 2.13. The van der Waals surface area contributed by atoms with Crippen molar-refractivity contribution in [3.8, 4) is 0 Å². The minimum atomic E-state index is -4.64. The number of alkyl halides is 3. The first-order valence-electron chi connectivity index (χ1n) is 5.22. The highest BCUT2D eigenvalue weighted by molar-refractivity contribution is 7.92. The molecule has 0 aliphatic rings. The molecule has 4 nitrogen and oxygen atoms in total. The molecule has 0 spiro atoms. The van der Waals surface area contributed by atoms with E-state index in [0.717, 1.165) is 18.2 Å². The molecular weight excluding hydrogens is 285 g/mol. The number of esters is 1. The van der Waals surface area contributed by atoms with E-state index >= 15 is 0 Å². The Labute approximate surface area is 108 Å². The first-order chi connectivity index (χ1) is 8.66. The van der Waals surface area contributed by atoms with E-state index in [9.17, 15) is 26.4 Å². The number of hydrogen-bond acceptors (Lipinski definition) is 4. The third kappa shape index (κ3) is 4.23. The second kappa shape index (κ2) is 5.60. The minimum absolute atomic E-state index is 0.00303. The van der Waals surface area contributed by atoms with Gasteiger partial charge in [-0.25, -0.2) is 8.42 Å². The van der Waals surface area contributed by atoms with Crippen molar-refractivity contribution >= 4 is 15.8 Å². The lowest BCUT2D eigenvalue weighted by Crippen LogP contribution is -2.19. The second-order valence-corrected chi connectivity index (χ2v) is 5.58. The van der Waals surface area contributed by atoms with Crippen LogP contribution in [0.4, 0.5) is 13.2 Å². The van der Waals surface area contributed by atoms with Gasteiger partial charge in [0.2, 0.25) is 0 Å². The molecule has 106 valence electrons. The summed E-state index contributed by atoms with van der Waals surface area (Å²) in [5.41, 5.74) is -1.09. The highest BCUT2D eigenvalue weighted by atomic mass is 32.2. The van der Waals surface area contributed by atoms with Crippen LogP contribution < -0.4 is 0 Å². The van der Waals surface area contributed by atoms with Gasteiger partial charge in [-0.3, -0.25) is 4.79 Å². The van der Waals surface area contributed by atoms with Crippen LogP contribution in [0.5, 0.6) is 0 Å². The van der Waals surface area contributed by atoms with Gasteiger partial charge in [0.15, 0.2) is 15.6 Å². The molecule has 0 atom stereocenters. The summed E-state index contributed by atoms with van der Waals surface area (Å²) < 4.78 is 65.3. The molecule has 0 heterocycles. The average molecular weight is 296 g/mol. The molecule has 1 rings (SSSR count). The number of sulfone groups is 1. The predicted octanol–water partition coefficient (Wildman–Crippen LogP) is 2.04. The molecule has 0 bridgehead atoms. The third-order valence-corrected chi connectivity index (χ3v) is 3.72. The zero-order valence-electron chi connectivity index (χ0n) is 9.90. The Morgan fingerprint density at radius 1 is 1.32 bits per heavy atom. The largest absolute Gasteiger partial charge is 0.465 e. The summed E-state index contributed by atoms with van der Waals surface area (Å²) in [5.74, 6) is -1.98. The minimum Gasteiger partial charge on any atom is -0.465 e. The van der Waals surface area contributed by atoms with Gasteiger partial charge in [-0.1, -0.05) is 6.07 Å². The molecule has 19 heavy (non-hydrogen) atoms. The average Bonchev–Trinajstić information content (AvgIpc) is 2.27. The van der Waals surface area contributed by atoms with Crippen molar-refractivity contribution in [3.05, 3.63) is 29.8 Å². The van der Waals surface area contributed by atoms with Gasteiger partial charge in [-0.15, -0.1) is 0 Å². The van der Waals surface area contributed by atoms with Gasteiger partial charge in [0.05, 0.1) is 17.1 Å². The fourth-order valence-electron chi connectivity index (χ4n) is 1.31. The molecule has 0 N–H and O–H groups in total. The highest BCUT2D eigenvalue weighted by Gasteiger charge is 2.32. The van der Waals surface area contributed by atoms with E-state index in [2.05, 4.69) is 4.74 Å². The number of rotatable bonds is 4. The van der Waals surface area contributed by atoms with E-state index in [1.807, 2.05) is 0 Å². The smallest absolute Gasteiger partial charge is 0.416 e. The summed E-state index contributed by atoms with van der Waals surface area (Å²) in [6.07, 6.45) is -4.64. The fraction of sp³-hybridized carbons (Fsp3) is 0.364. The maximum atomic E-state index is 12.5. The lowest BCUT2D eigenvalue weighted by atomic mass is 10.2. The Balaban J connectivity index is 3.06. The van der Waals surface area contributed by atoms with Gasteiger partial charge in [0, 0.05) is 0 Å². The number of halogens is 3. The van der Waals surface area contributed by atoms with Crippen molar-refractivity contribution in [1.29, 1.82) is 0 Å². The number of carbonyl (C=O) groups excluding carboxylic acids is 1. The normalized spacial score (nSPS) is 12.2. The lowest BCUT2D eigenvalue weighted by molar-refractivity contribution is -0.140. The molecule has 0 aliphatic carbocycles. The molecule has 0 saturated heterocycles. The summed E-state index contributed by atoms with van der Waals surface area (Å²) >= 11 is 0. The van der Waals surface area contributed by atoms with E-state index in [4.69, 9.17) is 0 Å². The lowest BCUT2D eigenvalue weighted by Gasteiger charge is -2.09. The van der Waals surface area contributed by atoms with E-state index in [1.54, 1.807) is 0 Å². The first kappa shape index (κ1) is 15.5. The summed E-state index contributed by atoms with van der Waals surface area (Å²) in [6, 6.07) is 3.22. The van der Waals surface area contributed by atoms with Gasteiger partial charge < -0.3 is 4.74 Å². The van der Waals surface area contributed by atoms with E-state index in [0.29, 0.717) is 6.07 Å². The van der Waals surface area contributed by atoms with Gasteiger partial charge in [0.25, 0.3) is 0 Å². The molecule has 0 aromatic heterocycles. The zero-order chi connectivity index (χ0) is 14.7. The van der Waals surface area contributed by atoms with Gasteiger partial charge in [0.1, 0.15) is 0 Å². The summed E-state index contributed by atoms with van der Waals surface area (Å²) in [5, 5.41) is 0. The van der Waals surface area contributed by atoms with Gasteiger partial charge in [-0.2, -0.15) is 13.2 Å². The van der Waals surface area contributed by atoms with Crippen LogP contribution in [-0.4, -0.2) is 26.7 Å². The Hall–Kier alpha value is -1.57. The molecule has 0 amide bonds. The number of ether oxygens (including phenoxy) is 1. The van der Waals surface area contributed by atoms with Crippen LogP contribution in [0.25, 0.3) is 0 Å². The van der Waals surface area contributed by atoms with Crippen molar-refractivity contribution in [2.24, 2.45) is 0 Å². The van der Waals surface area contributed by atoms with Crippen LogP contribution in [0.2, 0.25) is 0 Å². The number of carbonyl (C=O) groups is 1. The molecule has 0 saturated carbocycles. The van der Waals surface area contributed by atoms with E-state index in [1.165, 1.54) is 6.92 Å². The van der Waals surface area contributed by atoms with Crippen LogP contribution in [0.15, 0.2) is 29.2 Å². The molecule has 0 unspecified atom stereocenters. The maximum absolute atomic E-state index is 12.5. The molecule has 8 heteroatoms. The van der Waals surface area contributed by atoms with Crippen LogP contribution in [0.3, 0.4) is 0 Å². The van der Waals surface area contributed by atoms with Crippen LogP contribution in [-0.2, 0) is 25.5 Å². The molecule has 1 aromatic rings. The molecule has 1 aromatic carbocycles. The van der Waals surface area contributed by atoms with Gasteiger partial charge in [-0.05, 0) is 25.1 Å². The first-order valence-corrected chi connectivity index (χ1v) is 6.87. The van der Waals surface area contributed by atoms with Crippen molar-refractivity contribution in [1.82, 2.24) is 0 Å². The second-order valence-electron chi connectivity index (χ2n) is 3.59. The van der Waals surface area contributed by atoms with Crippen LogP contribution >= 0.6 is 0 Å². The Morgan fingerprint density at radius 2 is 1.95 bits per heavy atom. The van der Waals surface area contributed by atoms with Crippen LogP contribution in [0.1, 0.15) is 12.5 Å². The Bertz CT molecular complexity index is 564. The van der Waals surface area contributed by atoms with Crippen molar-refractivity contribution in [3.63, 3.8) is 0 Å². The summed E-state index contributed by atoms with van der Waals surface area (Å²) in [7, 11) is -4.14. The SMILES string of the molecule is CCOC(=O)CS(=O)(=O)c1cccc(C(F)(F)F)c1. The monoisotopic (exact) mass is 296 g/mol. The fourth-order valence-corrected chi connectivity index (χ4v) is 2.46. The molecule has 0 aliphatic heterocycles. The molecule has 0 radical (unpaired) electrons. The predicted molar refractivity (Wildman–Crippen MR) is 60.1 cm³/mol. The number of hydrogen-bond donors (Lipinski definition) is 0. The van der Waals surface area contributed by atoms with E-state index < -0.39 is 38.2 Å². The van der Waals surface area contributed by atoms with E-state index in [-0.39, 0.29) is 6.61 Å². The van der Waals surface area contributed by atoms with Crippen molar-refractivity contribution < 1.29 is 31.1 Å².